The van der Waals surface area contributed by atoms with E-state index < -0.39 is 11.9 Å². The van der Waals surface area contributed by atoms with Crippen molar-refractivity contribution in [3.05, 3.63) is 35.4 Å². The molecule has 0 saturated carbocycles. The maximum Gasteiger partial charge on any atom is 0.307 e. The van der Waals surface area contributed by atoms with Crippen molar-refractivity contribution in [3.8, 4) is 0 Å². The van der Waals surface area contributed by atoms with Crippen LogP contribution in [0, 0.1) is 12.8 Å². The highest BCUT2D eigenvalue weighted by Crippen LogP contribution is 2.16. The highest BCUT2D eigenvalue weighted by molar-refractivity contribution is 8.13. The Morgan fingerprint density at radius 2 is 1.88 bits per heavy atom. The summed E-state index contributed by atoms with van der Waals surface area (Å²) in [6.45, 7) is 3.44. The smallest absolute Gasteiger partial charge is 0.307 e. The molecule has 1 aromatic rings. The average molecular weight is 252 g/mol. The highest BCUT2D eigenvalue weighted by Gasteiger charge is 2.18. The van der Waals surface area contributed by atoms with Crippen LogP contribution in [0.4, 0.5) is 0 Å². The summed E-state index contributed by atoms with van der Waals surface area (Å²) in [5, 5.41) is 9.04. The van der Waals surface area contributed by atoms with E-state index in [0.29, 0.717) is 12.2 Å². The fraction of sp³-hybridized carbons (Fsp3) is 0.385. The van der Waals surface area contributed by atoms with Crippen molar-refractivity contribution in [1.29, 1.82) is 0 Å². The van der Waals surface area contributed by atoms with E-state index in [9.17, 15) is 9.59 Å². The summed E-state index contributed by atoms with van der Waals surface area (Å²) in [6.07, 6.45) is 0.468. The summed E-state index contributed by atoms with van der Waals surface area (Å²) >= 11 is 1.07. The van der Waals surface area contributed by atoms with Crippen LogP contribution in [0.3, 0.4) is 0 Å². The zero-order valence-corrected chi connectivity index (χ0v) is 10.8. The SMILES string of the molecule is CC(=O)SC[C@H](Cc1ccc(C)cc1)C(=O)O. The largest absolute Gasteiger partial charge is 0.481 e. The number of thioether (sulfide) groups is 1. The van der Waals surface area contributed by atoms with E-state index in [-0.39, 0.29) is 5.12 Å². The molecule has 0 aliphatic heterocycles. The number of carboxylic acid groups (broad SMARTS) is 1. The van der Waals surface area contributed by atoms with Gasteiger partial charge in [-0.2, -0.15) is 0 Å². The molecule has 92 valence electrons. The standard InChI is InChI=1S/C13H16O3S/c1-9-3-5-11(6-4-9)7-12(13(15)16)8-17-10(2)14/h3-6,12H,7-8H2,1-2H3,(H,15,16)/t12-/m0/s1. The summed E-state index contributed by atoms with van der Waals surface area (Å²) in [5.74, 6) is -1.02. The molecule has 0 aliphatic rings. The van der Waals surface area contributed by atoms with E-state index in [1.165, 1.54) is 6.92 Å². The van der Waals surface area contributed by atoms with Crippen LogP contribution in [0.2, 0.25) is 0 Å². The van der Waals surface area contributed by atoms with Gasteiger partial charge in [0.2, 0.25) is 0 Å². The third-order valence-corrected chi connectivity index (χ3v) is 3.42. The molecular weight excluding hydrogens is 236 g/mol. The van der Waals surface area contributed by atoms with E-state index in [1.807, 2.05) is 31.2 Å². The van der Waals surface area contributed by atoms with Gasteiger partial charge in [0.25, 0.3) is 0 Å². The Morgan fingerprint density at radius 3 is 2.35 bits per heavy atom. The van der Waals surface area contributed by atoms with Crippen molar-refractivity contribution in [2.24, 2.45) is 5.92 Å². The molecule has 0 bridgehead atoms. The second-order valence-corrected chi connectivity index (χ2v) is 5.22. The number of carboxylic acids is 1. The molecule has 1 aromatic carbocycles. The number of rotatable bonds is 5. The molecule has 0 unspecified atom stereocenters. The number of carbonyl (C=O) groups excluding carboxylic acids is 1. The quantitative estimate of drug-likeness (QED) is 0.875. The lowest BCUT2D eigenvalue weighted by Crippen LogP contribution is -2.19. The topological polar surface area (TPSA) is 54.4 Å². The maximum absolute atomic E-state index is 11.1. The first-order valence-electron chi connectivity index (χ1n) is 5.40. The van der Waals surface area contributed by atoms with Crippen LogP contribution in [-0.4, -0.2) is 21.9 Å². The fourth-order valence-corrected chi connectivity index (χ4v) is 2.14. The van der Waals surface area contributed by atoms with Crippen molar-refractivity contribution in [1.82, 2.24) is 0 Å². The van der Waals surface area contributed by atoms with Crippen LogP contribution in [0.5, 0.6) is 0 Å². The van der Waals surface area contributed by atoms with Gasteiger partial charge in [-0.3, -0.25) is 9.59 Å². The van der Waals surface area contributed by atoms with E-state index in [1.54, 1.807) is 0 Å². The number of carbonyl (C=O) groups is 2. The van der Waals surface area contributed by atoms with Crippen LogP contribution in [-0.2, 0) is 16.0 Å². The molecule has 0 fully saturated rings. The van der Waals surface area contributed by atoms with Crippen LogP contribution in [0.25, 0.3) is 0 Å². The van der Waals surface area contributed by atoms with Gasteiger partial charge in [0.1, 0.15) is 0 Å². The molecule has 3 nitrogen and oxygen atoms in total. The monoisotopic (exact) mass is 252 g/mol. The van der Waals surface area contributed by atoms with Crippen LogP contribution in [0.1, 0.15) is 18.1 Å². The average Bonchev–Trinajstić information content (AvgIpc) is 2.26. The van der Waals surface area contributed by atoms with Gasteiger partial charge in [-0.1, -0.05) is 41.6 Å². The van der Waals surface area contributed by atoms with E-state index in [2.05, 4.69) is 0 Å². The predicted octanol–water partition coefficient (Wildman–Crippen LogP) is 2.52. The summed E-state index contributed by atoms with van der Waals surface area (Å²) in [6, 6.07) is 7.80. The van der Waals surface area contributed by atoms with Crippen LogP contribution < -0.4 is 0 Å². The van der Waals surface area contributed by atoms with Crippen molar-refractivity contribution in [2.75, 3.05) is 5.75 Å². The number of aryl methyl sites for hydroxylation is 1. The normalized spacial score (nSPS) is 12.1. The van der Waals surface area contributed by atoms with Crippen LogP contribution >= 0.6 is 11.8 Å². The van der Waals surface area contributed by atoms with Gasteiger partial charge in [-0.15, -0.1) is 0 Å². The summed E-state index contributed by atoms with van der Waals surface area (Å²) in [4.78, 5) is 21.9. The summed E-state index contributed by atoms with van der Waals surface area (Å²) in [7, 11) is 0. The van der Waals surface area contributed by atoms with Gasteiger partial charge >= 0.3 is 5.97 Å². The minimum atomic E-state index is -0.848. The molecule has 0 saturated heterocycles. The zero-order valence-electron chi connectivity index (χ0n) is 9.97. The fourth-order valence-electron chi connectivity index (χ4n) is 1.44. The minimum Gasteiger partial charge on any atom is -0.481 e. The Hall–Kier alpha value is -1.29. The number of benzene rings is 1. The van der Waals surface area contributed by atoms with E-state index in [4.69, 9.17) is 5.11 Å². The second kappa shape index (κ2) is 6.45. The Bertz CT molecular complexity index is 398. The Kier molecular flexibility index (Phi) is 5.22. The molecule has 0 aliphatic carbocycles. The lowest BCUT2D eigenvalue weighted by Gasteiger charge is -2.11. The van der Waals surface area contributed by atoms with Crippen molar-refractivity contribution >= 4 is 22.8 Å². The van der Waals surface area contributed by atoms with Crippen molar-refractivity contribution in [2.45, 2.75) is 20.3 Å². The molecule has 17 heavy (non-hydrogen) atoms. The van der Waals surface area contributed by atoms with E-state index in [0.717, 1.165) is 22.9 Å². The first-order chi connectivity index (χ1) is 7.99. The molecule has 0 heterocycles. The third-order valence-electron chi connectivity index (χ3n) is 2.44. The van der Waals surface area contributed by atoms with Crippen LogP contribution in [0.15, 0.2) is 24.3 Å². The Balaban J connectivity index is 2.63. The first kappa shape index (κ1) is 13.8. The molecule has 1 atom stereocenters. The number of aliphatic carboxylic acids is 1. The molecule has 1 N–H and O–H groups in total. The maximum atomic E-state index is 11.1. The molecule has 0 spiro atoms. The van der Waals surface area contributed by atoms with Gasteiger partial charge in [0, 0.05) is 12.7 Å². The van der Waals surface area contributed by atoms with Gasteiger partial charge in [-0.25, -0.2) is 0 Å². The molecule has 0 amide bonds. The minimum absolute atomic E-state index is 0.0415. The van der Waals surface area contributed by atoms with E-state index >= 15 is 0 Å². The molecule has 0 aromatic heterocycles. The zero-order chi connectivity index (χ0) is 12.8. The Labute approximate surface area is 105 Å². The number of hydrogen-bond acceptors (Lipinski definition) is 3. The first-order valence-corrected chi connectivity index (χ1v) is 6.39. The van der Waals surface area contributed by atoms with Gasteiger partial charge < -0.3 is 5.11 Å². The Morgan fingerprint density at radius 1 is 1.29 bits per heavy atom. The third kappa shape index (κ3) is 5.04. The summed E-state index contributed by atoms with van der Waals surface area (Å²) in [5.41, 5.74) is 2.14. The molecule has 1 rings (SSSR count). The predicted molar refractivity (Wildman–Crippen MR) is 69.1 cm³/mol. The van der Waals surface area contributed by atoms with Crippen molar-refractivity contribution < 1.29 is 14.7 Å². The second-order valence-electron chi connectivity index (χ2n) is 4.03. The molecule has 0 radical (unpaired) electrons. The number of hydrogen-bond donors (Lipinski definition) is 1. The van der Waals surface area contributed by atoms with Crippen molar-refractivity contribution in [3.63, 3.8) is 0 Å². The molecular formula is C13H16O3S. The van der Waals surface area contributed by atoms with Gasteiger partial charge in [0.05, 0.1) is 5.92 Å². The lowest BCUT2D eigenvalue weighted by atomic mass is 10.0. The highest BCUT2D eigenvalue weighted by atomic mass is 32.2. The molecule has 4 heteroatoms. The van der Waals surface area contributed by atoms with Gasteiger partial charge in [-0.05, 0) is 18.9 Å². The lowest BCUT2D eigenvalue weighted by molar-refractivity contribution is -0.140. The summed E-state index contributed by atoms with van der Waals surface area (Å²) < 4.78 is 0. The van der Waals surface area contributed by atoms with Gasteiger partial charge in [0.15, 0.2) is 5.12 Å².